The maximum Gasteiger partial charge on any atom is 0.276 e. The fraction of sp³-hybridized carbons (Fsp3) is 0.455. The Kier molecular flexibility index (Phi) is 7.79. The summed E-state index contributed by atoms with van der Waals surface area (Å²) in [7, 11) is 0. The molecule has 1 aromatic heterocycles. The van der Waals surface area contributed by atoms with Crippen molar-refractivity contribution in [2.24, 2.45) is 22.7 Å². The Morgan fingerprint density at radius 1 is 1.00 bits per heavy atom. The third-order valence-corrected chi connectivity index (χ3v) is 9.17. The van der Waals surface area contributed by atoms with Gasteiger partial charge in [0.2, 0.25) is 0 Å². The van der Waals surface area contributed by atoms with Crippen LogP contribution < -0.4 is 21.5 Å². The molecule has 3 aliphatic rings. The molecular weight excluding hydrogens is 550 g/mol. The lowest BCUT2D eigenvalue weighted by Crippen LogP contribution is -2.43. The maximum atomic E-state index is 14.5. The van der Waals surface area contributed by atoms with Crippen LogP contribution >= 0.6 is 0 Å². The Morgan fingerprint density at radius 3 is 2.35 bits per heavy atom. The summed E-state index contributed by atoms with van der Waals surface area (Å²) in [6, 6.07) is 9.07. The van der Waals surface area contributed by atoms with Crippen LogP contribution in [0.3, 0.4) is 0 Å². The van der Waals surface area contributed by atoms with Crippen LogP contribution in [0, 0.1) is 29.4 Å². The molecular formula is C33H38F2N6O2. The number of para-hydroxylation sites is 1. The van der Waals surface area contributed by atoms with Gasteiger partial charge in [-0.25, -0.2) is 8.78 Å². The predicted molar refractivity (Wildman–Crippen MR) is 165 cm³/mol. The number of amides is 1. The van der Waals surface area contributed by atoms with Gasteiger partial charge >= 0.3 is 0 Å². The number of carbonyl (C=O) groups is 1. The van der Waals surface area contributed by atoms with E-state index in [0.29, 0.717) is 33.8 Å². The predicted octanol–water partition coefficient (Wildman–Crippen LogP) is 5.97. The van der Waals surface area contributed by atoms with Crippen molar-refractivity contribution in [3.63, 3.8) is 0 Å². The molecule has 10 heteroatoms. The summed E-state index contributed by atoms with van der Waals surface area (Å²) in [5.41, 5.74) is 7.57. The molecule has 2 heterocycles. The quantitative estimate of drug-likeness (QED) is 0.273. The Morgan fingerprint density at radius 2 is 1.67 bits per heavy atom. The lowest BCUT2D eigenvalue weighted by Gasteiger charge is -2.47. The van der Waals surface area contributed by atoms with Gasteiger partial charge in [-0.3, -0.25) is 14.6 Å². The highest BCUT2D eigenvalue weighted by Crippen LogP contribution is 2.49. The van der Waals surface area contributed by atoms with Gasteiger partial charge in [-0.15, -0.1) is 0 Å². The van der Waals surface area contributed by atoms with E-state index in [1.54, 1.807) is 12.1 Å². The molecule has 2 bridgehead atoms. The minimum Gasteiger partial charge on any atom is -0.398 e. The number of aliphatic imine (C=N–C) groups is 1. The van der Waals surface area contributed by atoms with Crippen LogP contribution in [-0.4, -0.2) is 40.5 Å². The number of anilines is 3. The van der Waals surface area contributed by atoms with Gasteiger partial charge in [0, 0.05) is 36.6 Å². The number of halogens is 2. The first-order valence-electron chi connectivity index (χ1n) is 15.2. The number of carbonyl (C=O) groups excluding carboxylic acids is 1. The van der Waals surface area contributed by atoms with Crippen LogP contribution in [0.4, 0.5) is 25.8 Å². The van der Waals surface area contributed by atoms with E-state index in [1.807, 2.05) is 6.21 Å². The normalized spacial score (nSPS) is 25.3. The second kappa shape index (κ2) is 11.5. The highest BCUT2D eigenvalue weighted by molar-refractivity contribution is 6.08. The van der Waals surface area contributed by atoms with Crippen LogP contribution in [0.15, 0.2) is 52.3 Å². The van der Waals surface area contributed by atoms with E-state index in [1.165, 1.54) is 25.0 Å². The Balaban J connectivity index is 1.36. The zero-order valence-corrected chi connectivity index (χ0v) is 24.7. The van der Waals surface area contributed by atoms with E-state index >= 15 is 0 Å². The summed E-state index contributed by atoms with van der Waals surface area (Å²) < 4.78 is 29.5. The van der Waals surface area contributed by atoms with Gasteiger partial charge < -0.3 is 16.0 Å². The van der Waals surface area contributed by atoms with Gasteiger partial charge in [0.05, 0.1) is 16.9 Å². The standard InChI is InChI=1S/C33H38F2N6O2/c1-20-14-22-15-21(2)17-33(16-20,18-22)37-19-23-26(36)8-9-27(30(23)40-12-3-4-13-40)38-32(43)28-10-11-29(42)41(39-28)31-24(34)6-5-7-25(31)35/h5-11,19-22H,3-4,12-18,36H2,1-2H3,(H,38,43). The molecule has 3 N–H and O–H groups in total. The number of nitrogen functional groups attached to an aromatic ring is 1. The number of aromatic nitrogens is 2. The summed E-state index contributed by atoms with van der Waals surface area (Å²) in [6.07, 6.45) is 9.68. The average Bonchev–Trinajstić information content (AvgIpc) is 3.48. The molecule has 3 fully saturated rings. The van der Waals surface area contributed by atoms with Crippen molar-refractivity contribution in [3.8, 4) is 5.69 Å². The third-order valence-electron chi connectivity index (χ3n) is 9.17. The molecule has 0 spiro atoms. The van der Waals surface area contributed by atoms with Crippen molar-refractivity contribution in [2.45, 2.75) is 64.3 Å². The van der Waals surface area contributed by atoms with Crippen molar-refractivity contribution in [1.82, 2.24) is 9.78 Å². The zero-order chi connectivity index (χ0) is 30.3. The first-order valence-corrected chi connectivity index (χ1v) is 15.2. The molecule has 1 amide bonds. The van der Waals surface area contributed by atoms with Gasteiger partial charge in [0.25, 0.3) is 11.5 Å². The average molecular weight is 589 g/mol. The van der Waals surface area contributed by atoms with Gasteiger partial charge in [0.15, 0.2) is 11.6 Å². The van der Waals surface area contributed by atoms with Crippen molar-refractivity contribution < 1.29 is 13.6 Å². The molecule has 1 saturated heterocycles. The van der Waals surface area contributed by atoms with Crippen LogP contribution in [0.2, 0.25) is 0 Å². The molecule has 6 rings (SSSR count). The molecule has 2 atom stereocenters. The highest BCUT2D eigenvalue weighted by Gasteiger charge is 2.44. The fourth-order valence-corrected chi connectivity index (χ4v) is 7.72. The number of hydrogen-bond acceptors (Lipinski definition) is 6. The topological polar surface area (TPSA) is 106 Å². The van der Waals surface area contributed by atoms with Crippen LogP contribution in [0.25, 0.3) is 5.69 Å². The van der Waals surface area contributed by atoms with E-state index in [0.717, 1.165) is 74.6 Å². The molecule has 3 aromatic rings. The summed E-state index contributed by atoms with van der Waals surface area (Å²) in [5.74, 6) is -0.606. The first kappa shape index (κ1) is 29.0. The maximum absolute atomic E-state index is 14.5. The van der Waals surface area contributed by atoms with Gasteiger partial charge in [-0.2, -0.15) is 9.78 Å². The SMILES string of the molecule is CC1CC2CC(C)CC(N=Cc3c(N)ccc(NC(=O)c4ccc(=O)n(-c5c(F)cccc5F)n4)c3N3CCCC3)(C1)C2. The number of nitrogens with zero attached hydrogens (tertiary/aromatic N) is 4. The van der Waals surface area contributed by atoms with Gasteiger partial charge in [0.1, 0.15) is 11.4 Å². The molecule has 8 nitrogen and oxygen atoms in total. The van der Waals surface area contributed by atoms with Crippen molar-refractivity contribution in [3.05, 3.63) is 75.7 Å². The van der Waals surface area contributed by atoms with Crippen molar-refractivity contribution in [2.75, 3.05) is 29.0 Å². The van der Waals surface area contributed by atoms with Gasteiger partial charge in [-0.05, 0) is 93.0 Å². The molecule has 226 valence electrons. The molecule has 2 saturated carbocycles. The number of hydrogen-bond donors (Lipinski definition) is 2. The molecule has 2 unspecified atom stereocenters. The third kappa shape index (κ3) is 5.79. The molecule has 2 aliphatic carbocycles. The second-order valence-corrected chi connectivity index (χ2v) is 12.8. The summed E-state index contributed by atoms with van der Waals surface area (Å²) in [5, 5.41) is 6.95. The van der Waals surface area contributed by atoms with Crippen molar-refractivity contribution >= 4 is 29.2 Å². The molecule has 1 aliphatic heterocycles. The van der Waals surface area contributed by atoms with E-state index in [-0.39, 0.29) is 11.2 Å². The van der Waals surface area contributed by atoms with E-state index in [2.05, 4.69) is 29.2 Å². The van der Waals surface area contributed by atoms with Crippen LogP contribution in [0.1, 0.15) is 74.8 Å². The lowest BCUT2D eigenvalue weighted by atomic mass is 9.61. The first-order chi connectivity index (χ1) is 20.6. The van der Waals surface area contributed by atoms with Crippen LogP contribution in [0.5, 0.6) is 0 Å². The monoisotopic (exact) mass is 588 g/mol. The summed E-state index contributed by atoms with van der Waals surface area (Å²) >= 11 is 0. The largest absolute Gasteiger partial charge is 0.398 e. The van der Waals surface area contributed by atoms with Crippen molar-refractivity contribution in [1.29, 1.82) is 0 Å². The van der Waals surface area contributed by atoms with E-state index in [4.69, 9.17) is 10.7 Å². The number of nitrogens with two attached hydrogens (primary N) is 1. The highest BCUT2D eigenvalue weighted by atomic mass is 19.1. The second-order valence-electron chi connectivity index (χ2n) is 12.8. The van der Waals surface area contributed by atoms with E-state index < -0.39 is 28.8 Å². The molecule has 0 radical (unpaired) electrons. The zero-order valence-electron chi connectivity index (χ0n) is 24.7. The Hall–Kier alpha value is -4.08. The minimum atomic E-state index is -0.962. The number of rotatable bonds is 6. The summed E-state index contributed by atoms with van der Waals surface area (Å²) in [6.45, 7) is 6.27. The number of benzene rings is 2. The Labute approximate surface area is 250 Å². The number of fused-ring (bicyclic) bond motifs is 2. The Bertz CT molecular complexity index is 1590. The summed E-state index contributed by atoms with van der Waals surface area (Å²) in [4.78, 5) is 33.5. The molecule has 2 aromatic carbocycles. The minimum absolute atomic E-state index is 0.104. The fourth-order valence-electron chi connectivity index (χ4n) is 7.72. The number of nitrogens with one attached hydrogen (secondary N) is 1. The van der Waals surface area contributed by atoms with Gasteiger partial charge in [-0.1, -0.05) is 19.9 Å². The smallest absolute Gasteiger partial charge is 0.276 e. The molecule has 43 heavy (non-hydrogen) atoms. The lowest BCUT2D eigenvalue weighted by molar-refractivity contribution is 0.0858. The van der Waals surface area contributed by atoms with Crippen LogP contribution in [-0.2, 0) is 0 Å². The van der Waals surface area contributed by atoms with E-state index in [9.17, 15) is 18.4 Å².